The molecule has 1 saturated carbocycles. The van der Waals surface area contributed by atoms with Crippen LogP contribution in [0.15, 0.2) is 24.3 Å². The molecule has 0 radical (unpaired) electrons. The third-order valence-electron chi connectivity index (χ3n) is 3.23. The van der Waals surface area contributed by atoms with E-state index in [0.29, 0.717) is 19.1 Å². The fraction of sp³-hybridized carbons (Fsp3) is 0.533. The van der Waals surface area contributed by atoms with Crippen LogP contribution in [-0.4, -0.2) is 18.1 Å². The summed E-state index contributed by atoms with van der Waals surface area (Å²) in [4.78, 5) is 11.8. The first-order chi connectivity index (χ1) is 9.01. The van der Waals surface area contributed by atoms with E-state index in [-0.39, 0.29) is 5.91 Å². The van der Waals surface area contributed by atoms with Crippen LogP contribution in [0.4, 0.5) is 0 Å². The molecule has 0 aliphatic heterocycles. The molecule has 1 aromatic rings. The van der Waals surface area contributed by atoms with Gasteiger partial charge in [0.05, 0.1) is 12.1 Å². The second kappa shape index (κ2) is 5.61. The summed E-state index contributed by atoms with van der Waals surface area (Å²) in [7, 11) is 0. The zero-order chi connectivity index (χ0) is 13.9. The van der Waals surface area contributed by atoms with Gasteiger partial charge in [0.25, 0.3) is 0 Å². The highest BCUT2D eigenvalue weighted by atomic mass is 16.5. The summed E-state index contributed by atoms with van der Waals surface area (Å²) < 4.78 is 5.75. The zero-order valence-electron chi connectivity index (χ0n) is 11.6. The lowest BCUT2D eigenvalue weighted by Crippen LogP contribution is -2.42. The Balaban J connectivity index is 1.93. The van der Waals surface area contributed by atoms with Gasteiger partial charge in [0.1, 0.15) is 5.75 Å². The van der Waals surface area contributed by atoms with E-state index in [1.165, 1.54) is 0 Å². The lowest BCUT2D eigenvalue weighted by atomic mass is 10.2. The summed E-state index contributed by atoms with van der Waals surface area (Å²) in [6.07, 6.45) is 1.56. The number of para-hydroxylation sites is 1. The largest absolute Gasteiger partial charge is 0.493 e. The first kappa shape index (κ1) is 13.9. The predicted molar refractivity (Wildman–Crippen MR) is 74.8 cm³/mol. The second-order valence-electron chi connectivity index (χ2n) is 5.65. The number of hydrogen-bond acceptors (Lipinski definition) is 3. The maximum atomic E-state index is 11.8. The van der Waals surface area contributed by atoms with Crippen LogP contribution in [0, 0.1) is 5.92 Å². The maximum absolute atomic E-state index is 11.8. The number of nitrogens with one attached hydrogen (secondary N) is 1. The number of benzene rings is 1. The number of hydrogen-bond donors (Lipinski definition) is 2. The molecule has 19 heavy (non-hydrogen) atoms. The van der Waals surface area contributed by atoms with Crippen molar-refractivity contribution < 1.29 is 9.53 Å². The lowest BCUT2D eigenvalue weighted by molar-refractivity contribution is -0.123. The molecular weight excluding hydrogens is 240 g/mol. The molecule has 3 N–H and O–H groups in total. The highest BCUT2D eigenvalue weighted by Crippen LogP contribution is 2.32. The Morgan fingerprint density at radius 3 is 2.74 bits per heavy atom. The summed E-state index contributed by atoms with van der Waals surface area (Å²) >= 11 is 0. The average Bonchev–Trinajstić information content (AvgIpc) is 3.13. The average molecular weight is 262 g/mol. The zero-order valence-corrected chi connectivity index (χ0v) is 11.6. The van der Waals surface area contributed by atoms with Crippen molar-refractivity contribution in [3.63, 3.8) is 0 Å². The van der Waals surface area contributed by atoms with Gasteiger partial charge < -0.3 is 15.8 Å². The molecule has 0 unspecified atom stereocenters. The van der Waals surface area contributed by atoms with Crippen molar-refractivity contribution in [1.82, 2.24) is 5.32 Å². The van der Waals surface area contributed by atoms with Gasteiger partial charge in [-0.15, -0.1) is 0 Å². The quantitative estimate of drug-likeness (QED) is 0.822. The summed E-state index contributed by atoms with van der Waals surface area (Å²) in [5, 5.41) is 2.89. The van der Waals surface area contributed by atoms with Gasteiger partial charge in [0, 0.05) is 12.1 Å². The number of ether oxygens (including phenoxy) is 1. The Morgan fingerprint density at radius 1 is 1.42 bits per heavy atom. The lowest BCUT2D eigenvalue weighted by Gasteiger charge is -2.15. The van der Waals surface area contributed by atoms with Gasteiger partial charge in [0.15, 0.2) is 0 Å². The van der Waals surface area contributed by atoms with E-state index in [4.69, 9.17) is 10.5 Å². The number of nitrogens with two attached hydrogens (primary N) is 1. The van der Waals surface area contributed by atoms with E-state index in [1.807, 2.05) is 24.3 Å². The minimum atomic E-state index is -0.617. The van der Waals surface area contributed by atoms with Crippen LogP contribution >= 0.6 is 0 Å². The monoisotopic (exact) mass is 262 g/mol. The van der Waals surface area contributed by atoms with Crippen LogP contribution in [0.5, 0.6) is 5.75 Å². The number of carbonyl (C=O) groups excluding carboxylic acids is 1. The van der Waals surface area contributed by atoms with Crippen LogP contribution < -0.4 is 15.8 Å². The smallest absolute Gasteiger partial charge is 0.240 e. The van der Waals surface area contributed by atoms with Gasteiger partial charge in [0.2, 0.25) is 5.91 Å². The summed E-state index contributed by atoms with van der Waals surface area (Å²) in [5.74, 6) is 1.24. The highest BCUT2D eigenvalue weighted by molar-refractivity contribution is 5.88. The molecule has 1 aliphatic carbocycles. The van der Waals surface area contributed by atoms with Gasteiger partial charge in [-0.3, -0.25) is 4.79 Å². The normalized spacial score (nSPS) is 16.2. The van der Waals surface area contributed by atoms with Crippen LogP contribution in [0.2, 0.25) is 0 Å². The molecule has 0 atom stereocenters. The van der Waals surface area contributed by atoms with Crippen molar-refractivity contribution in [3.05, 3.63) is 29.8 Å². The first-order valence-electron chi connectivity index (χ1n) is 6.79. The number of rotatable bonds is 6. The van der Waals surface area contributed by atoms with Crippen molar-refractivity contribution >= 4 is 5.91 Å². The maximum Gasteiger partial charge on any atom is 0.240 e. The van der Waals surface area contributed by atoms with E-state index >= 15 is 0 Å². The van der Waals surface area contributed by atoms with Crippen molar-refractivity contribution in [2.24, 2.45) is 11.7 Å². The molecule has 1 aromatic carbocycles. The number of amides is 1. The molecule has 0 bridgehead atoms. The molecule has 4 heteroatoms. The Hall–Kier alpha value is -1.55. The summed E-state index contributed by atoms with van der Waals surface area (Å²) in [6.45, 7) is 5.35. The molecule has 1 fully saturated rings. The fourth-order valence-corrected chi connectivity index (χ4v) is 1.76. The standard InChI is InChI=1S/C15H22N2O2/c1-11(2)10-19-13-6-4-3-5-12(13)9-17-14(18)15(16)7-8-15/h3-6,11H,7-10,16H2,1-2H3,(H,17,18). The Labute approximate surface area is 114 Å². The molecule has 4 nitrogen and oxygen atoms in total. The van der Waals surface area contributed by atoms with Crippen LogP contribution in [0.1, 0.15) is 32.3 Å². The van der Waals surface area contributed by atoms with Crippen LogP contribution in [0.25, 0.3) is 0 Å². The van der Waals surface area contributed by atoms with E-state index in [2.05, 4.69) is 19.2 Å². The van der Waals surface area contributed by atoms with Gasteiger partial charge in [-0.1, -0.05) is 32.0 Å². The van der Waals surface area contributed by atoms with Gasteiger partial charge >= 0.3 is 0 Å². The minimum absolute atomic E-state index is 0.0637. The molecule has 0 aromatic heterocycles. The van der Waals surface area contributed by atoms with E-state index < -0.39 is 5.54 Å². The molecule has 0 spiro atoms. The molecule has 104 valence electrons. The summed E-state index contributed by atoms with van der Waals surface area (Å²) in [5.41, 5.74) is 6.22. The molecule has 1 amide bonds. The third kappa shape index (κ3) is 3.70. The molecule has 0 heterocycles. The van der Waals surface area contributed by atoms with Crippen molar-refractivity contribution in [2.75, 3.05) is 6.61 Å². The van der Waals surface area contributed by atoms with Gasteiger partial charge in [-0.25, -0.2) is 0 Å². The van der Waals surface area contributed by atoms with Gasteiger partial charge in [-0.05, 0) is 24.8 Å². The van der Waals surface area contributed by atoms with E-state index in [1.54, 1.807) is 0 Å². The van der Waals surface area contributed by atoms with Crippen LogP contribution in [-0.2, 0) is 11.3 Å². The highest BCUT2D eigenvalue weighted by Gasteiger charge is 2.45. The molecular formula is C15H22N2O2. The molecule has 1 aliphatic rings. The molecule has 2 rings (SSSR count). The van der Waals surface area contributed by atoms with E-state index in [9.17, 15) is 4.79 Å². The van der Waals surface area contributed by atoms with Crippen molar-refractivity contribution in [1.29, 1.82) is 0 Å². The Kier molecular flexibility index (Phi) is 4.10. The van der Waals surface area contributed by atoms with Gasteiger partial charge in [-0.2, -0.15) is 0 Å². The Morgan fingerprint density at radius 2 is 2.11 bits per heavy atom. The fourth-order valence-electron chi connectivity index (χ4n) is 1.76. The second-order valence-corrected chi connectivity index (χ2v) is 5.65. The topological polar surface area (TPSA) is 64.3 Å². The summed E-state index contributed by atoms with van der Waals surface area (Å²) in [6, 6.07) is 7.77. The third-order valence-corrected chi connectivity index (χ3v) is 3.23. The first-order valence-corrected chi connectivity index (χ1v) is 6.79. The predicted octanol–water partition coefficient (Wildman–Crippen LogP) is 1.83. The minimum Gasteiger partial charge on any atom is -0.493 e. The molecule has 0 saturated heterocycles. The van der Waals surface area contributed by atoms with Crippen LogP contribution in [0.3, 0.4) is 0 Å². The van der Waals surface area contributed by atoms with Crippen molar-refractivity contribution in [2.45, 2.75) is 38.8 Å². The Bertz CT molecular complexity index is 453. The number of carbonyl (C=O) groups is 1. The van der Waals surface area contributed by atoms with Crippen molar-refractivity contribution in [3.8, 4) is 5.75 Å². The SMILES string of the molecule is CC(C)COc1ccccc1CNC(=O)C1(N)CC1. The van der Waals surface area contributed by atoms with E-state index in [0.717, 1.165) is 24.2 Å².